The smallest absolute Gasteiger partial charge is 0.00199 e. The van der Waals surface area contributed by atoms with Gasteiger partial charge in [-0.1, -0.05) is 163 Å². The highest BCUT2D eigenvalue weighted by molar-refractivity contribution is 6.25. The molecule has 9 aromatic carbocycles. The lowest BCUT2D eigenvalue weighted by molar-refractivity contribution is 0.940. The minimum absolute atomic E-state index is 1.07. The Labute approximate surface area is 293 Å². The quantitative estimate of drug-likeness (QED) is 0.169. The Hall–Kier alpha value is -5.98. The van der Waals surface area contributed by atoms with Crippen LogP contribution in [0.3, 0.4) is 0 Å². The van der Waals surface area contributed by atoms with Gasteiger partial charge in [-0.05, 0) is 131 Å². The largest absolute Gasteiger partial charge is 0.0616 e. The Bertz CT molecular complexity index is 2820. The van der Waals surface area contributed by atoms with Crippen molar-refractivity contribution in [1.82, 2.24) is 0 Å². The summed E-state index contributed by atoms with van der Waals surface area (Å²) >= 11 is 0. The molecule has 50 heavy (non-hydrogen) atoms. The van der Waals surface area contributed by atoms with Crippen molar-refractivity contribution in [3.05, 3.63) is 180 Å². The molecule has 0 unspecified atom stereocenters. The summed E-state index contributed by atoms with van der Waals surface area (Å²) in [6.07, 6.45) is 2.17. The van der Waals surface area contributed by atoms with E-state index in [4.69, 9.17) is 0 Å². The van der Waals surface area contributed by atoms with Crippen molar-refractivity contribution >= 4 is 43.1 Å². The van der Waals surface area contributed by atoms with Crippen molar-refractivity contribution in [2.24, 2.45) is 0 Å². The van der Waals surface area contributed by atoms with E-state index in [1.165, 1.54) is 110 Å². The topological polar surface area (TPSA) is 0 Å². The molecule has 0 aliphatic heterocycles. The molecule has 0 saturated heterocycles. The molecular weight excluding hydrogens is 601 g/mol. The van der Waals surface area contributed by atoms with E-state index in [0.29, 0.717) is 0 Å². The van der Waals surface area contributed by atoms with Crippen LogP contribution in [0.1, 0.15) is 22.3 Å². The van der Waals surface area contributed by atoms with E-state index in [1.807, 2.05) is 0 Å². The van der Waals surface area contributed by atoms with Gasteiger partial charge in [0.25, 0.3) is 0 Å². The monoisotopic (exact) mass is 636 g/mol. The molecule has 236 valence electrons. The molecule has 0 nitrogen and oxygen atoms in total. The lowest BCUT2D eigenvalue weighted by Gasteiger charge is -2.22. The molecule has 9 aromatic rings. The first-order valence-electron chi connectivity index (χ1n) is 17.8. The molecule has 1 aliphatic rings. The first-order chi connectivity index (χ1) is 24.6. The minimum Gasteiger partial charge on any atom is -0.0616 e. The van der Waals surface area contributed by atoms with E-state index in [2.05, 4.69) is 172 Å². The first kappa shape index (κ1) is 29.0. The number of aryl methyl sites for hydroxylation is 4. The second kappa shape index (κ2) is 11.3. The fourth-order valence-electron chi connectivity index (χ4n) is 8.69. The Balaban J connectivity index is 1.30. The molecule has 0 radical (unpaired) electrons. The Morgan fingerprint density at radius 2 is 0.800 bits per heavy atom. The average molecular weight is 637 g/mol. The highest BCUT2D eigenvalue weighted by Gasteiger charge is 2.21. The van der Waals surface area contributed by atoms with E-state index in [-0.39, 0.29) is 0 Å². The summed E-state index contributed by atoms with van der Waals surface area (Å²) in [4.78, 5) is 0. The lowest BCUT2D eigenvalue weighted by atomic mass is 9.81. The minimum atomic E-state index is 1.07. The summed E-state index contributed by atoms with van der Waals surface area (Å²) in [7, 11) is 0. The van der Waals surface area contributed by atoms with Gasteiger partial charge in [0.2, 0.25) is 0 Å². The Morgan fingerprint density at radius 1 is 0.320 bits per heavy atom. The van der Waals surface area contributed by atoms with Crippen LogP contribution in [-0.4, -0.2) is 0 Å². The highest BCUT2D eigenvalue weighted by Crippen LogP contribution is 2.48. The normalized spacial score (nSPS) is 12.4. The summed E-state index contributed by atoms with van der Waals surface area (Å²) in [5, 5.41) is 10.3. The number of rotatable bonds is 3. The number of hydrogen-bond donors (Lipinski definition) is 0. The zero-order valence-electron chi connectivity index (χ0n) is 28.4. The predicted octanol–water partition coefficient (Wildman–Crippen LogP) is 13.7. The fraction of sp³-hybridized carbons (Fsp3) is 0.0800. The number of fused-ring (bicyclic) bond motifs is 7. The molecule has 0 heteroatoms. The van der Waals surface area contributed by atoms with Crippen LogP contribution < -0.4 is 0 Å². The molecule has 0 amide bonds. The van der Waals surface area contributed by atoms with Gasteiger partial charge in [0.05, 0.1) is 0 Å². The summed E-state index contributed by atoms with van der Waals surface area (Å²) in [6, 6.07) is 59.5. The number of hydrogen-bond acceptors (Lipinski definition) is 0. The van der Waals surface area contributed by atoms with Crippen LogP contribution in [0, 0.1) is 13.8 Å². The molecule has 0 atom stereocenters. The molecule has 0 saturated carbocycles. The third-order valence-electron chi connectivity index (χ3n) is 11.0. The van der Waals surface area contributed by atoms with E-state index in [0.717, 1.165) is 12.8 Å². The third kappa shape index (κ3) is 4.52. The van der Waals surface area contributed by atoms with Crippen molar-refractivity contribution in [2.75, 3.05) is 0 Å². The maximum absolute atomic E-state index is 2.47. The van der Waals surface area contributed by atoms with Crippen molar-refractivity contribution in [2.45, 2.75) is 26.7 Å². The zero-order chi connectivity index (χ0) is 33.3. The fourth-order valence-corrected chi connectivity index (χ4v) is 8.69. The lowest BCUT2D eigenvalue weighted by Crippen LogP contribution is -2.04. The summed E-state index contributed by atoms with van der Waals surface area (Å²) in [5.74, 6) is 0. The van der Waals surface area contributed by atoms with Crippen molar-refractivity contribution in [3.63, 3.8) is 0 Å². The van der Waals surface area contributed by atoms with E-state index in [9.17, 15) is 0 Å². The van der Waals surface area contributed by atoms with Crippen LogP contribution in [0.15, 0.2) is 158 Å². The molecule has 0 aromatic heterocycles. The Morgan fingerprint density at radius 3 is 1.48 bits per heavy atom. The molecular formula is C50H36. The van der Waals surface area contributed by atoms with Crippen LogP contribution in [0.25, 0.3) is 87.6 Å². The maximum atomic E-state index is 2.47. The van der Waals surface area contributed by atoms with Gasteiger partial charge in [-0.25, -0.2) is 0 Å². The second-order valence-corrected chi connectivity index (χ2v) is 14.1. The maximum Gasteiger partial charge on any atom is -0.00199 e. The molecule has 0 N–H and O–H groups in total. The van der Waals surface area contributed by atoms with Gasteiger partial charge in [0.1, 0.15) is 0 Å². The van der Waals surface area contributed by atoms with Crippen molar-refractivity contribution < 1.29 is 0 Å². The Kier molecular flexibility index (Phi) is 6.54. The van der Waals surface area contributed by atoms with Gasteiger partial charge in [-0.15, -0.1) is 0 Å². The zero-order valence-corrected chi connectivity index (χ0v) is 28.4. The van der Waals surface area contributed by atoms with Crippen LogP contribution >= 0.6 is 0 Å². The highest BCUT2D eigenvalue weighted by atomic mass is 14.2. The standard InChI is InChI=1S/C50H36/c1-31-17-23-41-37(27-31)19-20-38-29-35(21-25-42(38)41)36-22-26-46-48(30-36)50(44-16-8-12-34-10-4-6-14-40(34)44)45-24-18-32(2)28-47(45)49(46)43-15-7-11-33-9-3-5-13-39(33)43/h3-18,21-30H,19-20H2,1-2H3. The third-order valence-corrected chi connectivity index (χ3v) is 11.0. The number of benzene rings is 9. The average Bonchev–Trinajstić information content (AvgIpc) is 3.16. The molecule has 0 fully saturated rings. The first-order valence-corrected chi connectivity index (χ1v) is 17.8. The summed E-state index contributed by atoms with van der Waals surface area (Å²) in [6.45, 7) is 4.41. The van der Waals surface area contributed by atoms with Gasteiger partial charge in [0, 0.05) is 0 Å². The summed E-state index contributed by atoms with van der Waals surface area (Å²) < 4.78 is 0. The van der Waals surface area contributed by atoms with Crippen LogP contribution in [0.2, 0.25) is 0 Å². The second-order valence-electron chi connectivity index (χ2n) is 14.1. The summed E-state index contributed by atoms with van der Waals surface area (Å²) in [5.41, 5.74) is 16.0. The van der Waals surface area contributed by atoms with Crippen LogP contribution in [-0.2, 0) is 12.8 Å². The molecule has 1 aliphatic carbocycles. The van der Waals surface area contributed by atoms with E-state index in [1.54, 1.807) is 0 Å². The van der Waals surface area contributed by atoms with Gasteiger partial charge < -0.3 is 0 Å². The van der Waals surface area contributed by atoms with Gasteiger partial charge in [0.15, 0.2) is 0 Å². The molecule has 0 bridgehead atoms. The van der Waals surface area contributed by atoms with Crippen LogP contribution in [0.5, 0.6) is 0 Å². The molecule has 0 heterocycles. The molecule has 10 rings (SSSR count). The SMILES string of the molecule is Cc1ccc2c(c1)CCc1cc(-c3ccc4c(-c5cccc6ccccc56)c5cc(C)ccc5c(-c5cccc6ccccc56)c4c3)ccc1-2. The van der Waals surface area contributed by atoms with Crippen molar-refractivity contribution in [3.8, 4) is 44.5 Å². The molecule has 0 spiro atoms. The van der Waals surface area contributed by atoms with E-state index >= 15 is 0 Å². The van der Waals surface area contributed by atoms with Gasteiger partial charge >= 0.3 is 0 Å². The predicted molar refractivity (Wildman–Crippen MR) is 215 cm³/mol. The van der Waals surface area contributed by atoms with Gasteiger partial charge in [-0.3, -0.25) is 0 Å². The van der Waals surface area contributed by atoms with Crippen LogP contribution in [0.4, 0.5) is 0 Å². The van der Waals surface area contributed by atoms with Gasteiger partial charge in [-0.2, -0.15) is 0 Å². The van der Waals surface area contributed by atoms with E-state index < -0.39 is 0 Å². The van der Waals surface area contributed by atoms with Crippen molar-refractivity contribution in [1.29, 1.82) is 0 Å².